The molecule has 0 unspecified atom stereocenters. The van der Waals surface area contributed by atoms with Crippen LogP contribution in [0.25, 0.3) is 0 Å². The molecule has 7 nitrogen and oxygen atoms in total. The third-order valence-electron chi connectivity index (χ3n) is 4.49. The maximum atomic E-state index is 5.77. The molecule has 0 bridgehead atoms. The van der Waals surface area contributed by atoms with Gasteiger partial charge in [0.25, 0.3) is 0 Å². The fraction of sp³-hybridized carbons (Fsp3) is 0.632. The zero-order valence-electron chi connectivity index (χ0n) is 16.0. The van der Waals surface area contributed by atoms with Crippen molar-refractivity contribution in [3.63, 3.8) is 0 Å². The highest BCUT2D eigenvalue weighted by Crippen LogP contribution is 2.34. The van der Waals surface area contributed by atoms with Crippen LogP contribution in [0.5, 0.6) is 17.2 Å². The first-order chi connectivity index (χ1) is 12.8. The number of likely N-dealkylation sites (tertiary alicyclic amines) is 1. The maximum Gasteiger partial charge on any atom is 0.231 e. The summed E-state index contributed by atoms with van der Waals surface area (Å²) in [4.78, 5) is 7.16. The Balaban J connectivity index is 0.00000261. The van der Waals surface area contributed by atoms with Crippen molar-refractivity contribution in [1.82, 2.24) is 15.5 Å². The second-order valence-electron chi connectivity index (χ2n) is 6.45. The van der Waals surface area contributed by atoms with Crippen molar-refractivity contribution in [3.05, 3.63) is 18.2 Å². The lowest BCUT2D eigenvalue weighted by molar-refractivity contribution is 0.173. The van der Waals surface area contributed by atoms with Crippen LogP contribution in [0.4, 0.5) is 0 Å². The van der Waals surface area contributed by atoms with E-state index in [1.54, 1.807) is 0 Å². The highest BCUT2D eigenvalue weighted by Gasteiger charge is 2.13. The molecule has 0 radical (unpaired) electrons. The summed E-state index contributed by atoms with van der Waals surface area (Å²) < 4.78 is 16.4. The molecule has 152 valence electrons. The van der Waals surface area contributed by atoms with Crippen molar-refractivity contribution in [2.45, 2.75) is 26.2 Å². The number of hydrogen-bond acceptors (Lipinski definition) is 5. The molecule has 2 aliphatic rings. The Hall–Kier alpha value is -1.42. The molecule has 0 aromatic heterocycles. The van der Waals surface area contributed by atoms with Crippen LogP contribution in [0, 0.1) is 0 Å². The number of rotatable bonds is 8. The SMILES string of the molecule is CCNC(=NCCN1CCCCC1)NCCOc1ccc2c(c1)OCO2.I. The zero-order valence-corrected chi connectivity index (χ0v) is 18.4. The van der Waals surface area contributed by atoms with Gasteiger partial charge in [0.2, 0.25) is 6.79 Å². The normalized spacial score (nSPS) is 16.6. The van der Waals surface area contributed by atoms with Crippen LogP contribution >= 0.6 is 24.0 Å². The number of piperidine rings is 1. The van der Waals surface area contributed by atoms with Crippen LogP contribution in [0.15, 0.2) is 23.2 Å². The number of benzene rings is 1. The predicted molar refractivity (Wildman–Crippen MR) is 118 cm³/mol. The summed E-state index contributed by atoms with van der Waals surface area (Å²) >= 11 is 0. The summed E-state index contributed by atoms with van der Waals surface area (Å²) in [5.74, 6) is 3.13. The van der Waals surface area contributed by atoms with Crippen molar-refractivity contribution in [1.29, 1.82) is 0 Å². The standard InChI is InChI=1S/C19H30N4O3.HI/c1-2-20-19(21-8-12-23-10-4-3-5-11-23)22-9-13-24-16-6-7-17-18(14-16)26-15-25-17;/h6-7,14H,2-5,8-13,15H2,1H3,(H2,20,21,22);1H. The van der Waals surface area contributed by atoms with Crippen molar-refractivity contribution in [3.8, 4) is 17.2 Å². The predicted octanol–water partition coefficient (Wildman–Crippen LogP) is 2.45. The Morgan fingerprint density at radius 3 is 2.78 bits per heavy atom. The fourth-order valence-corrected chi connectivity index (χ4v) is 3.13. The molecule has 2 N–H and O–H groups in total. The van der Waals surface area contributed by atoms with Gasteiger partial charge in [-0.3, -0.25) is 4.99 Å². The molecule has 2 heterocycles. The van der Waals surface area contributed by atoms with Gasteiger partial charge in [-0.05, 0) is 45.0 Å². The summed E-state index contributed by atoms with van der Waals surface area (Å²) in [6.07, 6.45) is 4.01. The minimum atomic E-state index is 0. The average molecular weight is 490 g/mol. The lowest BCUT2D eigenvalue weighted by Crippen LogP contribution is -2.40. The Bertz CT molecular complexity index is 594. The van der Waals surface area contributed by atoms with E-state index in [1.807, 2.05) is 18.2 Å². The van der Waals surface area contributed by atoms with Crippen molar-refractivity contribution in [2.75, 3.05) is 52.7 Å². The highest BCUT2D eigenvalue weighted by atomic mass is 127. The molecule has 27 heavy (non-hydrogen) atoms. The Morgan fingerprint density at radius 1 is 1.15 bits per heavy atom. The smallest absolute Gasteiger partial charge is 0.231 e. The minimum Gasteiger partial charge on any atom is -0.492 e. The molecule has 8 heteroatoms. The zero-order chi connectivity index (χ0) is 18.0. The van der Waals surface area contributed by atoms with Gasteiger partial charge in [0.15, 0.2) is 17.5 Å². The number of halogens is 1. The summed E-state index contributed by atoms with van der Waals surface area (Å²) in [5.41, 5.74) is 0. The van der Waals surface area contributed by atoms with Gasteiger partial charge >= 0.3 is 0 Å². The van der Waals surface area contributed by atoms with E-state index in [0.717, 1.165) is 42.8 Å². The van der Waals surface area contributed by atoms with E-state index in [4.69, 9.17) is 14.2 Å². The summed E-state index contributed by atoms with van der Waals surface area (Å²) in [6.45, 7) is 8.71. The molecule has 1 aromatic rings. The molecule has 0 spiro atoms. The van der Waals surface area contributed by atoms with Crippen molar-refractivity contribution >= 4 is 29.9 Å². The molecule has 3 rings (SSSR count). The maximum absolute atomic E-state index is 5.77. The van der Waals surface area contributed by atoms with E-state index in [2.05, 4.69) is 27.4 Å². The van der Waals surface area contributed by atoms with Crippen LogP contribution in [0.3, 0.4) is 0 Å². The van der Waals surface area contributed by atoms with Gasteiger partial charge in [0.05, 0.1) is 13.1 Å². The third kappa shape index (κ3) is 7.25. The van der Waals surface area contributed by atoms with Gasteiger partial charge in [0.1, 0.15) is 12.4 Å². The Morgan fingerprint density at radius 2 is 1.96 bits per heavy atom. The summed E-state index contributed by atoms with van der Waals surface area (Å²) in [5, 5.41) is 6.60. The number of hydrogen-bond donors (Lipinski definition) is 2. The number of ether oxygens (including phenoxy) is 3. The first-order valence-electron chi connectivity index (χ1n) is 9.62. The van der Waals surface area contributed by atoms with E-state index in [0.29, 0.717) is 13.2 Å². The highest BCUT2D eigenvalue weighted by molar-refractivity contribution is 14.0. The number of nitrogens with zero attached hydrogens (tertiary/aromatic N) is 2. The molecule has 2 aliphatic heterocycles. The molecule has 1 aromatic carbocycles. The molecule has 0 saturated carbocycles. The van der Waals surface area contributed by atoms with E-state index >= 15 is 0 Å². The van der Waals surface area contributed by atoms with Gasteiger partial charge in [-0.15, -0.1) is 24.0 Å². The fourth-order valence-electron chi connectivity index (χ4n) is 3.13. The van der Waals surface area contributed by atoms with Crippen molar-refractivity contribution in [2.24, 2.45) is 4.99 Å². The van der Waals surface area contributed by atoms with Crippen LogP contribution < -0.4 is 24.8 Å². The largest absolute Gasteiger partial charge is 0.492 e. The van der Waals surface area contributed by atoms with Gasteiger partial charge in [0, 0.05) is 19.2 Å². The van der Waals surface area contributed by atoms with Gasteiger partial charge < -0.3 is 29.7 Å². The molecule has 0 amide bonds. The Labute approximate surface area is 178 Å². The lowest BCUT2D eigenvalue weighted by atomic mass is 10.1. The quantitative estimate of drug-likeness (QED) is 0.253. The van der Waals surface area contributed by atoms with Crippen LogP contribution in [-0.4, -0.2) is 63.5 Å². The van der Waals surface area contributed by atoms with Crippen molar-refractivity contribution < 1.29 is 14.2 Å². The number of fused-ring (bicyclic) bond motifs is 1. The summed E-state index contributed by atoms with van der Waals surface area (Å²) in [7, 11) is 0. The summed E-state index contributed by atoms with van der Waals surface area (Å²) in [6, 6.07) is 5.63. The number of nitrogens with one attached hydrogen (secondary N) is 2. The van der Waals surface area contributed by atoms with Crippen LogP contribution in [-0.2, 0) is 0 Å². The minimum absolute atomic E-state index is 0. The first-order valence-corrected chi connectivity index (χ1v) is 9.62. The van der Waals surface area contributed by atoms with E-state index < -0.39 is 0 Å². The lowest BCUT2D eigenvalue weighted by Gasteiger charge is -2.25. The molecule has 0 atom stereocenters. The number of guanidine groups is 1. The topological polar surface area (TPSA) is 67.4 Å². The molecular formula is C19H31IN4O3. The van der Waals surface area contributed by atoms with Gasteiger partial charge in [-0.2, -0.15) is 0 Å². The van der Waals surface area contributed by atoms with E-state index in [9.17, 15) is 0 Å². The molecule has 1 saturated heterocycles. The van der Waals surface area contributed by atoms with Gasteiger partial charge in [-0.1, -0.05) is 6.42 Å². The third-order valence-corrected chi connectivity index (χ3v) is 4.49. The van der Waals surface area contributed by atoms with Crippen LogP contribution in [0.2, 0.25) is 0 Å². The second kappa shape index (κ2) is 12.1. The van der Waals surface area contributed by atoms with Gasteiger partial charge in [-0.25, -0.2) is 0 Å². The van der Waals surface area contributed by atoms with E-state index in [1.165, 1.54) is 32.4 Å². The number of aliphatic imine (C=N–C) groups is 1. The molecular weight excluding hydrogens is 459 g/mol. The molecule has 1 fully saturated rings. The van der Waals surface area contributed by atoms with E-state index in [-0.39, 0.29) is 30.8 Å². The Kier molecular flexibility index (Phi) is 9.82. The monoisotopic (exact) mass is 490 g/mol. The second-order valence-corrected chi connectivity index (χ2v) is 6.45. The van der Waals surface area contributed by atoms with Crippen LogP contribution in [0.1, 0.15) is 26.2 Å². The first kappa shape index (κ1) is 21.9. The average Bonchev–Trinajstić information content (AvgIpc) is 3.14. The molecule has 0 aliphatic carbocycles.